The zero-order valence-electron chi connectivity index (χ0n) is 12.4. The van der Waals surface area contributed by atoms with Gasteiger partial charge in [0.25, 0.3) is 11.8 Å². The molecule has 0 aromatic carbocycles. The number of thiazole rings is 1. The summed E-state index contributed by atoms with van der Waals surface area (Å²) in [6.07, 6.45) is 0.845. The molecule has 0 N–H and O–H groups in total. The van der Waals surface area contributed by atoms with Crippen LogP contribution in [0.2, 0.25) is 0 Å². The number of nitrogens with zero attached hydrogens (tertiary/aromatic N) is 4. The summed E-state index contributed by atoms with van der Waals surface area (Å²) in [7, 11) is 0. The van der Waals surface area contributed by atoms with Gasteiger partial charge in [-0.05, 0) is 24.8 Å². The minimum atomic E-state index is -0.0154. The summed E-state index contributed by atoms with van der Waals surface area (Å²) in [5.74, 6) is 1.32. The van der Waals surface area contributed by atoms with Crippen molar-refractivity contribution < 1.29 is 9.32 Å². The number of carbonyl (C=O) groups is 1. The predicted molar refractivity (Wildman–Crippen MR) is 87.7 cm³/mol. The van der Waals surface area contributed by atoms with Gasteiger partial charge in [-0.3, -0.25) is 4.79 Å². The highest BCUT2D eigenvalue weighted by atomic mass is 32.1. The molecule has 0 bridgehead atoms. The van der Waals surface area contributed by atoms with Crippen molar-refractivity contribution in [1.82, 2.24) is 20.0 Å². The summed E-state index contributed by atoms with van der Waals surface area (Å²) in [6.45, 7) is 3.21. The standard InChI is InChI=1S/C15H14N4O2S2/c1-9-16-12(8-23-9)15(20)19-4-2-10(6-19)13-17-14(21-18-13)11-3-5-22-7-11/h3,5,7-8,10H,2,4,6H2,1H3. The average molecular weight is 346 g/mol. The fourth-order valence-corrected chi connectivity index (χ4v) is 3.90. The number of amides is 1. The van der Waals surface area contributed by atoms with E-state index in [1.54, 1.807) is 11.3 Å². The van der Waals surface area contributed by atoms with E-state index >= 15 is 0 Å². The monoisotopic (exact) mass is 346 g/mol. The van der Waals surface area contributed by atoms with E-state index in [4.69, 9.17) is 4.52 Å². The maximum absolute atomic E-state index is 12.4. The Morgan fingerprint density at radius 3 is 3.04 bits per heavy atom. The summed E-state index contributed by atoms with van der Waals surface area (Å²) in [5.41, 5.74) is 1.47. The van der Waals surface area contributed by atoms with Crippen LogP contribution in [-0.4, -0.2) is 39.0 Å². The van der Waals surface area contributed by atoms with E-state index < -0.39 is 0 Å². The number of hydrogen-bond donors (Lipinski definition) is 0. The molecule has 1 fully saturated rings. The highest BCUT2D eigenvalue weighted by Crippen LogP contribution is 2.29. The van der Waals surface area contributed by atoms with Crippen LogP contribution < -0.4 is 0 Å². The quantitative estimate of drug-likeness (QED) is 0.728. The van der Waals surface area contributed by atoms with Crippen LogP contribution in [0.5, 0.6) is 0 Å². The first-order valence-corrected chi connectivity index (χ1v) is 9.10. The van der Waals surface area contributed by atoms with Gasteiger partial charge in [-0.25, -0.2) is 4.98 Å². The van der Waals surface area contributed by atoms with Gasteiger partial charge >= 0.3 is 0 Å². The van der Waals surface area contributed by atoms with Crippen LogP contribution in [0, 0.1) is 6.92 Å². The molecule has 1 aliphatic rings. The molecule has 1 amide bonds. The van der Waals surface area contributed by atoms with Crippen LogP contribution >= 0.6 is 22.7 Å². The van der Waals surface area contributed by atoms with Gasteiger partial charge in [0.2, 0.25) is 0 Å². The molecule has 0 spiro atoms. The Morgan fingerprint density at radius 1 is 1.39 bits per heavy atom. The number of carbonyl (C=O) groups excluding carboxylic acids is 1. The maximum atomic E-state index is 12.4. The summed E-state index contributed by atoms with van der Waals surface area (Å²) < 4.78 is 5.34. The predicted octanol–water partition coefficient (Wildman–Crippen LogP) is 3.19. The highest BCUT2D eigenvalue weighted by molar-refractivity contribution is 7.09. The topological polar surface area (TPSA) is 72.1 Å². The van der Waals surface area contributed by atoms with Gasteiger partial charge in [-0.15, -0.1) is 11.3 Å². The lowest BCUT2D eigenvalue weighted by atomic mass is 10.1. The van der Waals surface area contributed by atoms with Crippen LogP contribution in [0.1, 0.15) is 33.7 Å². The number of aromatic nitrogens is 3. The van der Waals surface area contributed by atoms with Crippen LogP contribution in [0.3, 0.4) is 0 Å². The lowest BCUT2D eigenvalue weighted by Gasteiger charge is -2.13. The molecule has 8 heteroatoms. The van der Waals surface area contributed by atoms with Gasteiger partial charge in [0.05, 0.1) is 10.6 Å². The van der Waals surface area contributed by atoms with E-state index in [1.807, 2.05) is 34.0 Å². The summed E-state index contributed by atoms with van der Waals surface area (Å²) in [6, 6.07) is 1.96. The van der Waals surface area contributed by atoms with E-state index in [0.29, 0.717) is 30.5 Å². The van der Waals surface area contributed by atoms with Crippen LogP contribution in [0.4, 0.5) is 0 Å². The fourth-order valence-electron chi connectivity index (χ4n) is 2.68. The molecule has 0 radical (unpaired) electrons. The van der Waals surface area contributed by atoms with Gasteiger partial charge in [0.15, 0.2) is 5.82 Å². The molecule has 1 atom stereocenters. The van der Waals surface area contributed by atoms with Crippen molar-refractivity contribution in [3.05, 3.63) is 38.7 Å². The Bertz CT molecular complexity index is 824. The molecule has 4 rings (SSSR count). The molecule has 4 heterocycles. The zero-order valence-corrected chi connectivity index (χ0v) is 14.1. The van der Waals surface area contributed by atoms with Gasteiger partial charge in [0, 0.05) is 29.8 Å². The lowest BCUT2D eigenvalue weighted by Crippen LogP contribution is -2.28. The molecule has 0 aliphatic carbocycles. The number of aryl methyl sites for hydroxylation is 1. The maximum Gasteiger partial charge on any atom is 0.273 e. The Kier molecular flexibility index (Phi) is 3.70. The lowest BCUT2D eigenvalue weighted by molar-refractivity contribution is 0.0785. The first kappa shape index (κ1) is 14.5. The van der Waals surface area contributed by atoms with Crippen molar-refractivity contribution in [1.29, 1.82) is 0 Å². The zero-order chi connectivity index (χ0) is 15.8. The Morgan fingerprint density at radius 2 is 2.30 bits per heavy atom. The minimum Gasteiger partial charge on any atom is -0.337 e. The normalized spacial score (nSPS) is 17.8. The Balaban J connectivity index is 1.47. The third kappa shape index (κ3) is 2.79. The highest BCUT2D eigenvalue weighted by Gasteiger charge is 2.31. The number of rotatable bonds is 3. The van der Waals surface area contributed by atoms with E-state index in [1.165, 1.54) is 11.3 Å². The molecule has 1 unspecified atom stereocenters. The Hall–Kier alpha value is -2.06. The minimum absolute atomic E-state index is 0.0154. The number of likely N-dealkylation sites (tertiary alicyclic amines) is 1. The molecule has 3 aromatic rings. The summed E-state index contributed by atoms with van der Waals surface area (Å²) in [4.78, 5) is 23.0. The Labute approximate surface area is 140 Å². The van der Waals surface area contributed by atoms with E-state index in [0.717, 1.165) is 17.0 Å². The molecule has 1 saturated heterocycles. The van der Waals surface area contributed by atoms with Gasteiger partial charge < -0.3 is 9.42 Å². The van der Waals surface area contributed by atoms with E-state index in [9.17, 15) is 4.79 Å². The first-order valence-electron chi connectivity index (χ1n) is 7.28. The number of thiophene rings is 1. The summed E-state index contributed by atoms with van der Waals surface area (Å²) in [5, 5.41) is 10.8. The smallest absolute Gasteiger partial charge is 0.273 e. The third-order valence-corrected chi connectivity index (χ3v) is 5.35. The van der Waals surface area contributed by atoms with Crippen molar-refractivity contribution >= 4 is 28.6 Å². The van der Waals surface area contributed by atoms with E-state index in [-0.39, 0.29) is 11.8 Å². The van der Waals surface area contributed by atoms with Crippen LogP contribution in [0.25, 0.3) is 11.5 Å². The van der Waals surface area contributed by atoms with E-state index in [2.05, 4.69) is 15.1 Å². The molecule has 1 aliphatic heterocycles. The molecule has 0 saturated carbocycles. The van der Waals surface area contributed by atoms with Crippen LogP contribution in [-0.2, 0) is 0 Å². The SMILES string of the molecule is Cc1nc(C(=O)N2CCC(c3noc(-c4ccsc4)n3)C2)cs1. The van der Waals surface area contributed by atoms with Gasteiger partial charge in [0.1, 0.15) is 5.69 Å². The first-order chi connectivity index (χ1) is 11.2. The average Bonchev–Trinajstić information content (AvgIpc) is 3.30. The largest absolute Gasteiger partial charge is 0.337 e. The van der Waals surface area contributed by atoms with Crippen molar-refractivity contribution in [3.8, 4) is 11.5 Å². The molecular formula is C15H14N4O2S2. The van der Waals surface area contributed by atoms with Crippen molar-refractivity contribution in [2.45, 2.75) is 19.3 Å². The van der Waals surface area contributed by atoms with Gasteiger partial charge in [-0.2, -0.15) is 16.3 Å². The van der Waals surface area contributed by atoms with Crippen molar-refractivity contribution in [3.63, 3.8) is 0 Å². The second kappa shape index (κ2) is 5.86. The molecular weight excluding hydrogens is 332 g/mol. The van der Waals surface area contributed by atoms with Crippen molar-refractivity contribution in [2.24, 2.45) is 0 Å². The fraction of sp³-hybridized carbons (Fsp3) is 0.333. The molecule has 118 valence electrons. The second-order valence-electron chi connectivity index (χ2n) is 5.46. The molecule has 23 heavy (non-hydrogen) atoms. The molecule has 3 aromatic heterocycles. The number of hydrogen-bond acceptors (Lipinski definition) is 7. The van der Waals surface area contributed by atoms with Crippen molar-refractivity contribution in [2.75, 3.05) is 13.1 Å². The molecule has 6 nitrogen and oxygen atoms in total. The van der Waals surface area contributed by atoms with Crippen LogP contribution in [0.15, 0.2) is 26.7 Å². The summed E-state index contributed by atoms with van der Waals surface area (Å²) >= 11 is 3.09. The second-order valence-corrected chi connectivity index (χ2v) is 7.30. The van der Waals surface area contributed by atoms with Gasteiger partial charge in [-0.1, -0.05) is 5.16 Å². The third-order valence-electron chi connectivity index (χ3n) is 3.89.